The number of methoxy groups -OCH3 is 1. The molecule has 0 saturated heterocycles. The maximum atomic E-state index is 11.9. The van der Waals surface area contributed by atoms with E-state index in [1.54, 1.807) is 7.11 Å². The van der Waals surface area contributed by atoms with Gasteiger partial charge >= 0.3 is 0 Å². The third kappa shape index (κ3) is 4.91. The summed E-state index contributed by atoms with van der Waals surface area (Å²) in [6, 6.07) is 7.18. The third-order valence-electron chi connectivity index (χ3n) is 3.16. The Labute approximate surface area is 115 Å². The van der Waals surface area contributed by atoms with Gasteiger partial charge in [0.1, 0.15) is 5.75 Å². The molecule has 0 aliphatic rings. The Morgan fingerprint density at radius 2 is 2.21 bits per heavy atom. The second kappa shape index (κ2) is 7.79. The summed E-state index contributed by atoms with van der Waals surface area (Å²) in [5.41, 5.74) is 6.86. The maximum absolute atomic E-state index is 11.9. The van der Waals surface area contributed by atoms with Gasteiger partial charge in [-0.05, 0) is 31.0 Å². The molecule has 0 aromatic heterocycles. The highest BCUT2D eigenvalue weighted by molar-refractivity contribution is 5.81. The van der Waals surface area contributed by atoms with Crippen molar-refractivity contribution < 1.29 is 9.53 Å². The number of nitrogens with one attached hydrogen (secondary N) is 1. The summed E-state index contributed by atoms with van der Waals surface area (Å²) in [4.78, 5) is 11.9. The Kier molecular flexibility index (Phi) is 6.36. The Morgan fingerprint density at radius 3 is 2.84 bits per heavy atom. The molecule has 0 unspecified atom stereocenters. The first-order valence-corrected chi connectivity index (χ1v) is 6.78. The van der Waals surface area contributed by atoms with Gasteiger partial charge in [-0.1, -0.05) is 31.9 Å². The molecule has 1 aromatic carbocycles. The third-order valence-corrected chi connectivity index (χ3v) is 3.16. The van der Waals surface area contributed by atoms with Gasteiger partial charge < -0.3 is 15.8 Å². The van der Waals surface area contributed by atoms with Crippen molar-refractivity contribution in [3.63, 3.8) is 0 Å². The van der Waals surface area contributed by atoms with Crippen molar-refractivity contribution in [1.82, 2.24) is 5.32 Å². The average Bonchev–Trinajstić information content (AvgIpc) is 2.44. The van der Waals surface area contributed by atoms with E-state index in [0.717, 1.165) is 30.6 Å². The molecule has 1 amide bonds. The van der Waals surface area contributed by atoms with Gasteiger partial charge in [-0.25, -0.2) is 0 Å². The van der Waals surface area contributed by atoms with Crippen LogP contribution in [-0.4, -0.2) is 19.1 Å². The molecule has 3 N–H and O–H groups in total. The van der Waals surface area contributed by atoms with Gasteiger partial charge in [-0.15, -0.1) is 0 Å². The molecule has 1 rings (SSSR count). The quantitative estimate of drug-likeness (QED) is 0.794. The molecule has 0 radical (unpaired) electrons. The molecule has 4 nitrogen and oxygen atoms in total. The van der Waals surface area contributed by atoms with Crippen molar-refractivity contribution in [3.8, 4) is 5.75 Å². The molecule has 2 atom stereocenters. The number of carbonyl (C=O) groups is 1. The highest BCUT2D eigenvalue weighted by Gasteiger charge is 2.16. The number of carbonyl (C=O) groups excluding carboxylic acids is 1. The van der Waals surface area contributed by atoms with Gasteiger partial charge in [0, 0.05) is 0 Å². The summed E-state index contributed by atoms with van der Waals surface area (Å²) >= 11 is 0. The minimum atomic E-state index is -0.423. The second-order valence-electron chi connectivity index (χ2n) is 4.76. The van der Waals surface area contributed by atoms with Crippen LogP contribution in [0.5, 0.6) is 5.75 Å². The van der Waals surface area contributed by atoms with E-state index in [4.69, 9.17) is 10.5 Å². The first kappa shape index (κ1) is 15.5. The van der Waals surface area contributed by atoms with Gasteiger partial charge in [-0.2, -0.15) is 0 Å². The molecular weight excluding hydrogens is 240 g/mol. The Balaban J connectivity index is 2.58. The van der Waals surface area contributed by atoms with Crippen molar-refractivity contribution in [2.24, 2.45) is 5.73 Å². The fourth-order valence-corrected chi connectivity index (χ4v) is 1.87. The van der Waals surface area contributed by atoms with Crippen LogP contribution in [0.15, 0.2) is 24.3 Å². The van der Waals surface area contributed by atoms with E-state index in [1.807, 2.05) is 31.2 Å². The van der Waals surface area contributed by atoms with E-state index in [1.165, 1.54) is 0 Å². The minimum absolute atomic E-state index is 0.0738. The van der Waals surface area contributed by atoms with E-state index in [9.17, 15) is 4.79 Å². The normalized spacial score (nSPS) is 13.7. The zero-order valence-corrected chi connectivity index (χ0v) is 12.0. The van der Waals surface area contributed by atoms with Crippen LogP contribution in [0.4, 0.5) is 0 Å². The topological polar surface area (TPSA) is 64.4 Å². The number of benzene rings is 1. The van der Waals surface area contributed by atoms with Gasteiger partial charge in [0.25, 0.3) is 0 Å². The van der Waals surface area contributed by atoms with Crippen molar-refractivity contribution in [2.45, 2.75) is 45.2 Å². The SMILES string of the molecule is CCCC[C@H](N)C(=O)N[C@H](C)c1cccc(OC)c1. The van der Waals surface area contributed by atoms with Crippen LogP contribution < -0.4 is 15.8 Å². The van der Waals surface area contributed by atoms with E-state index >= 15 is 0 Å². The summed E-state index contributed by atoms with van der Waals surface area (Å²) in [6.07, 6.45) is 2.75. The molecule has 0 spiro atoms. The Morgan fingerprint density at radius 1 is 1.47 bits per heavy atom. The van der Waals surface area contributed by atoms with Crippen LogP contribution in [-0.2, 0) is 4.79 Å². The number of nitrogens with two attached hydrogens (primary N) is 1. The van der Waals surface area contributed by atoms with Crippen LogP contribution in [0.2, 0.25) is 0 Å². The smallest absolute Gasteiger partial charge is 0.237 e. The van der Waals surface area contributed by atoms with Crippen LogP contribution in [0.25, 0.3) is 0 Å². The molecule has 0 bridgehead atoms. The number of hydrogen-bond acceptors (Lipinski definition) is 3. The zero-order chi connectivity index (χ0) is 14.3. The first-order valence-electron chi connectivity index (χ1n) is 6.78. The molecule has 1 aromatic rings. The number of unbranched alkanes of at least 4 members (excludes halogenated alkanes) is 1. The van der Waals surface area contributed by atoms with Crippen molar-refractivity contribution in [1.29, 1.82) is 0 Å². The summed E-state index contributed by atoms with van der Waals surface area (Å²) in [5.74, 6) is 0.692. The van der Waals surface area contributed by atoms with Crippen LogP contribution >= 0.6 is 0 Å². The van der Waals surface area contributed by atoms with Crippen molar-refractivity contribution in [3.05, 3.63) is 29.8 Å². The molecular formula is C15H24N2O2. The lowest BCUT2D eigenvalue weighted by atomic mass is 10.1. The highest BCUT2D eigenvalue weighted by atomic mass is 16.5. The predicted molar refractivity (Wildman–Crippen MR) is 77.1 cm³/mol. The zero-order valence-electron chi connectivity index (χ0n) is 12.0. The lowest BCUT2D eigenvalue weighted by molar-refractivity contribution is -0.123. The molecule has 4 heteroatoms. The van der Waals surface area contributed by atoms with E-state index < -0.39 is 6.04 Å². The Bertz CT molecular complexity index is 407. The van der Waals surface area contributed by atoms with Crippen LogP contribution in [0, 0.1) is 0 Å². The summed E-state index contributed by atoms with van der Waals surface area (Å²) in [7, 11) is 1.63. The molecule has 19 heavy (non-hydrogen) atoms. The maximum Gasteiger partial charge on any atom is 0.237 e. The lowest BCUT2D eigenvalue weighted by Crippen LogP contribution is -2.41. The van der Waals surface area contributed by atoms with Crippen molar-refractivity contribution in [2.75, 3.05) is 7.11 Å². The van der Waals surface area contributed by atoms with E-state index in [2.05, 4.69) is 12.2 Å². The molecule has 0 aliphatic carbocycles. The number of hydrogen-bond donors (Lipinski definition) is 2. The average molecular weight is 264 g/mol. The van der Waals surface area contributed by atoms with Gasteiger partial charge in [0.2, 0.25) is 5.91 Å². The van der Waals surface area contributed by atoms with E-state index in [0.29, 0.717) is 0 Å². The number of rotatable bonds is 7. The van der Waals surface area contributed by atoms with Gasteiger partial charge in [-0.3, -0.25) is 4.79 Å². The molecule has 0 aliphatic heterocycles. The highest BCUT2D eigenvalue weighted by Crippen LogP contribution is 2.18. The molecule has 0 heterocycles. The van der Waals surface area contributed by atoms with Gasteiger partial charge in [0.05, 0.1) is 19.2 Å². The van der Waals surface area contributed by atoms with Gasteiger partial charge in [0.15, 0.2) is 0 Å². The molecule has 106 valence electrons. The monoisotopic (exact) mass is 264 g/mol. The molecule has 0 fully saturated rings. The summed E-state index contributed by atoms with van der Waals surface area (Å²) < 4.78 is 5.17. The summed E-state index contributed by atoms with van der Waals surface area (Å²) in [6.45, 7) is 4.03. The number of amides is 1. The summed E-state index contributed by atoms with van der Waals surface area (Å²) in [5, 5.41) is 2.94. The predicted octanol–water partition coefficient (Wildman–Crippen LogP) is 2.39. The number of ether oxygens (including phenoxy) is 1. The lowest BCUT2D eigenvalue weighted by Gasteiger charge is -2.18. The Hall–Kier alpha value is -1.55. The molecule has 0 saturated carbocycles. The standard InChI is InChI=1S/C15H24N2O2/c1-4-5-9-14(16)15(18)17-11(2)12-7-6-8-13(10-12)19-3/h6-8,10-11,14H,4-5,9,16H2,1-3H3,(H,17,18)/t11-,14+/m1/s1. The fourth-order valence-electron chi connectivity index (χ4n) is 1.87. The second-order valence-corrected chi connectivity index (χ2v) is 4.76. The van der Waals surface area contributed by atoms with E-state index in [-0.39, 0.29) is 11.9 Å². The van der Waals surface area contributed by atoms with Crippen LogP contribution in [0.1, 0.15) is 44.7 Å². The minimum Gasteiger partial charge on any atom is -0.497 e. The van der Waals surface area contributed by atoms with Crippen LogP contribution in [0.3, 0.4) is 0 Å². The first-order chi connectivity index (χ1) is 9.08. The van der Waals surface area contributed by atoms with Crippen molar-refractivity contribution >= 4 is 5.91 Å². The fraction of sp³-hybridized carbons (Fsp3) is 0.533. The largest absolute Gasteiger partial charge is 0.497 e.